The summed E-state index contributed by atoms with van der Waals surface area (Å²) in [6.45, 7) is 2.29. The number of rotatable bonds is 9. The second kappa shape index (κ2) is 8.88. The Bertz CT molecular complexity index is 233. The predicted molar refractivity (Wildman–Crippen MR) is 77.6 cm³/mol. The first-order chi connectivity index (χ1) is 8.72. The highest BCUT2D eigenvalue weighted by atomic mass is 32.2. The Morgan fingerprint density at radius 3 is 2.56 bits per heavy atom. The lowest BCUT2D eigenvalue weighted by Gasteiger charge is -2.37. The minimum atomic E-state index is 0.0612. The van der Waals surface area contributed by atoms with Gasteiger partial charge in [0.15, 0.2) is 0 Å². The maximum absolute atomic E-state index is 10.6. The van der Waals surface area contributed by atoms with Crippen molar-refractivity contribution in [1.82, 2.24) is 4.90 Å². The molecule has 1 N–H and O–H groups in total. The van der Waals surface area contributed by atoms with Crippen molar-refractivity contribution in [2.24, 2.45) is 4.58 Å². The van der Waals surface area contributed by atoms with Gasteiger partial charge in [-0.3, -0.25) is 0 Å². The summed E-state index contributed by atoms with van der Waals surface area (Å²) in [5.41, 5.74) is 0. The molecule has 0 saturated heterocycles. The molecule has 0 bridgehead atoms. The van der Waals surface area contributed by atoms with Crippen molar-refractivity contribution >= 4 is 11.9 Å². The number of nitrogens with zero attached hydrogens (tertiary/aromatic N) is 2. The number of aliphatic hydroxyl groups is 1. The van der Waals surface area contributed by atoms with Crippen molar-refractivity contribution in [2.45, 2.75) is 56.1 Å². The molecule has 0 aromatic rings. The van der Waals surface area contributed by atoms with Gasteiger partial charge in [-0.15, -0.1) is 4.91 Å². The first-order valence-electron chi connectivity index (χ1n) is 7.03. The summed E-state index contributed by atoms with van der Waals surface area (Å²) >= 11 is 1.26. The van der Waals surface area contributed by atoms with Crippen LogP contribution < -0.4 is 0 Å². The molecule has 1 rings (SSSR count). The molecular weight excluding hydrogens is 248 g/mol. The van der Waals surface area contributed by atoms with E-state index in [1.54, 1.807) is 0 Å². The molecule has 0 heterocycles. The van der Waals surface area contributed by atoms with Gasteiger partial charge in [-0.2, -0.15) is 0 Å². The largest absolute Gasteiger partial charge is 0.396 e. The molecule has 1 aliphatic rings. The molecule has 106 valence electrons. The van der Waals surface area contributed by atoms with Gasteiger partial charge < -0.3 is 10.0 Å². The van der Waals surface area contributed by atoms with Gasteiger partial charge in [-0.25, -0.2) is 0 Å². The fourth-order valence-corrected chi connectivity index (χ4v) is 3.70. The van der Waals surface area contributed by atoms with Gasteiger partial charge >= 0.3 is 0 Å². The van der Waals surface area contributed by atoms with Gasteiger partial charge in [0, 0.05) is 29.7 Å². The van der Waals surface area contributed by atoms with Gasteiger partial charge in [-0.05, 0) is 45.7 Å². The molecule has 4 nitrogen and oxygen atoms in total. The lowest BCUT2D eigenvalue weighted by Crippen LogP contribution is -2.40. The van der Waals surface area contributed by atoms with Crippen molar-refractivity contribution in [1.29, 1.82) is 0 Å². The normalized spacial score (nSPS) is 19.1. The molecule has 1 fully saturated rings. The van der Waals surface area contributed by atoms with Crippen molar-refractivity contribution in [3.05, 3.63) is 4.91 Å². The first-order valence-corrected chi connectivity index (χ1v) is 7.80. The summed E-state index contributed by atoms with van der Waals surface area (Å²) in [6, 6.07) is 0. The van der Waals surface area contributed by atoms with Crippen molar-refractivity contribution in [3.63, 3.8) is 0 Å². The second-order valence-electron chi connectivity index (χ2n) is 5.43. The molecule has 0 radical (unpaired) electrons. The number of nitroso groups, excluding NO2 is 1. The van der Waals surface area contributed by atoms with Crippen LogP contribution >= 0.6 is 11.9 Å². The fourth-order valence-electron chi connectivity index (χ4n) is 2.79. The monoisotopic (exact) mass is 274 g/mol. The SMILES string of the molecule is CN(CCCCCO)CC1(SN=O)CCCCC1. The van der Waals surface area contributed by atoms with Crippen LogP contribution in [0.25, 0.3) is 0 Å². The fraction of sp³-hybridized carbons (Fsp3) is 1.00. The summed E-state index contributed by atoms with van der Waals surface area (Å²) in [5, 5.41) is 8.74. The highest BCUT2D eigenvalue weighted by molar-refractivity contribution is 7.99. The van der Waals surface area contributed by atoms with Gasteiger partial charge in [0.25, 0.3) is 0 Å². The summed E-state index contributed by atoms with van der Waals surface area (Å²) in [7, 11) is 2.13. The van der Waals surface area contributed by atoms with E-state index in [9.17, 15) is 4.91 Å². The van der Waals surface area contributed by atoms with E-state index in [-0.39, 0.29) is 4.75 Å². The second-order valence-corrected chi connectivity index (χ2v) is 6.63. The zero-order chi connectivity index (χ0) is 13.3. The number of unbranched alkanes of at least 4 members (excludes halogenated alkanes) is 2. The van der Waals surface area contributed by atoms with E-state index in [0.717, 1.165) is 45.2 Å². The Morgan fingerprint density at radius 2 is 1.94 bits per heavy atom. The zero-order valence-corrected chi connectivity index (χ0v) is 12.3. The molecule has 0 amide bonds. The lowest BCUT2D eigenvalue weighted by molar-refractivity contribution is 0.245. The number of hydrogen-bond donors (Lipinski definition) is 1. The van der Waals surface area contributed by atoms with E-state index in [4.69, 9.17) is 5.11 Å². The van der Waals surface area contributed by atoms with Crippen LogP contribution in [-0.4, -0.2) is 41.5 Å². The molecule has 0 aromatic carbocycles. The Hall–Kier alpha value is -0.130. The highest BCUT2D eigenvalue weighted by Crippen LogP contribution is 2.40. The molecule has 0 aromatic heterocycles. The van der Waals surface area contributed by atoms with Crippen LogP contribution in [0, 0.1) is 4.91 Å². The molecule has 0 atom stereocenters. The lowest BCUT2D eigenvalue weighted by atomic mass is 9.88. The van der Waals surface area contributed by atoms with Crippen LogP contribution in [0.5, 0.6) is 0 Å². The van der Waals surface area contributed by atoms with E-state index in [2.05, 4.69) is 16.5 Å². The standard InChI is InChI=1S/C13H26N2O2S/c1-15(10-6-3-7-11-16)12-13(18-14-17)8-4-2-5-9-13/h16H,2-12H2,1H3. The van der Waals surface area contributed by atoms with Crippen LogP contribution in [0.2, 0.25) is 0 Å². The molecule has 5 heteroatoms. The maximum Gasteiger partial charge on any atom is 0.0539 e. The van der Waals surface area contributed by atoms with Gasteiger partial charge in [0.2, 0.25) is 0 Å². The summed E-state index contributed by atoms with van der Waals surface area (Å²) in [6.07, 6.45) is 9.06. The van der Waals surface area contributed by atoms with Gasteiger partial charge in [-0.1, -0.05) is 19.3 Å². The van der Waals surface area contributed by atoms with E-state index < -0.39 is 0 Å². The summed E-state index contributed by atoms with van der Waals surface area (Å²) in [5.74, 6) is 0. The Labute approximate surface area is 115 Å². The molecule has 0 spiro atoms. The Morgan fingerprint density at radius 1 is 1.22 bits per heavy atom. The summed E-state index contributed by atoms with van der Waals surface area (Å²) in [4.78, 5) is 12.9. The number of hydrogen-bond acceptors (Lipinski definition) is 5. The average molecular weight is 274 g/mol. The summed E-state index contributed by atoms with van der Waals surface area (Å²) < 4.78 is 3.16. The van der Waals surface area contributed by atoms with Crippen LogP contribution in [-0.2, 0) is 0 Å². The topological polar surface area (TPSA) is 52.9 Å². The van der Waals surface area contributed by atoms with E-state index >= 15 is 0 Å². The third-order valence-corrected chi connectivity index (χ3v) is 4.75. The van der Waals surface area contributed by atoms with Crippen LogP contribution in [0.1, 0.15) is 51.4 Å². The third-order valence-electron chi connectivity index (χ3n) is 3.75. The smallest absolute Gasteiger partial charge is 0.0539 e. The minimum Gasteiger partial charge on any atom is -0.396 e. The van der Waals surface area contributed by atoms with Gasteiger partial charge in [0.05, 0.1) is 4.75 Å². The zero-order valence-electron chi connectivity index (χ0n) is 11.4. The molecule has 0 aliphatic heterocycles. The Balaban J connectivity index is 2.32. The first kappa shape index (κ1) is 15.9. The van der Waals surface area contributed by atoms with Crippen LogP contribution in [0.3, 0.4) is 0 Å². The molecular formula is C13H26N2O2S. The minimum absolute atomic E-state index is 0.0612. The predicted octanol–water partition coefficient (Wildman–Crippen LogP) is 3.20. The molecule has 18 heavy (non-hydrogen) atoms. The van der Waals surface area contributed by atoms with Crippen LogP contribution in [0.4, 0.5) is 0 Å². The van der Waals surface area contributed by atoms with E-state index in [1.807, 2.05) is 0 Å². The average Bonchev–Trinajstić information content (AvgIpc) is 2.36. The van der Waals surface area contributed by atoms with E-state index in [0.29, 0.717) is 6.61 Å². The highest BCUT2D eigenvalue weighted by Gasteiger charge is 2.34. The molecule has 1 saturated carbocycles. The number of aliphatic hydroxyl groups excluding tert-OH is 1. The molecule has 1 aliphatic carbocycles. The van der Waals surface area contributed by atoms with Crippen LogP contribution in [0.15, 0.2) is 4.58 Å². The Kier molecular flexibility index (Phi) is 7.86. The van der Waals surface area contributed by atoms with Crippen molar-refractivity contribution < 1.29 is 5.11 Å². The molecule has 0 unspecified atom stereocenters. The maximum atomic E-state index is 10.6. The quantitative estimate of drug-likeness (QED) is 0.398. The third kappa shape index (κ3) is 5.67. The van der Waals surface area contributed by atoms with Crippen molar-refractivity contribution in [3.8, 4) is 0 Å². The van der Waals surface area contributed by atoms with E-state index in [1.165, 1.54) is 31.2 Å². The van der Waals surface area contributed by atoms with Gasteiger partial charge in [0.1, 0.15) is 0 Å². The van der Waals surface area contributed by atoms with Crippen molar-refractivity contribution in [2.75, 3.05) is 26.7 Å².